The van der Waals surface area contributed by atoms with Crippen LogP contribution in [0.2, 0.25) is 0 Å². The molecule has 1 saturated heterocycles. The maximum atomic E-state index is 13.0. The first-order valence-electron chi connectivity index (χ1n) is 9.73. The molecular formula is C22H25N3O3. The molecule has 1 unspecified atom stereocenters. The zero-order valence-electron chi connectivity index (χ0n) is 16.6. The highest BCUT2D eigenvalue weighted by Gasteiger charge is 2.45. The van der Waals surface area contributed by atoms with Gasteiger partial charge in [-0.15, -0.1) is 0 Å². The lowest BCUT2D eigenvalue weighted by atomic mass is 9.77. The number of rotatable bonds is 1. The van der Waals surface area contributed by atoms with Crippen LogP contribution in [0.4, 0.5) is 0 Å². The van der Waals surface area contributed by atoms with E-state index < -0.39 is 5.60 Å². The van der Waals surface area contributed by atoms with Gasteiger partial charge in [-0.3, -0.25) is 4.79 Å². The summed E-state index contributed by atoms with van der Waals surface area (Å²) in [6.45, 7) is 6.49. The Morgan fingerprint density at radius 1 is 1.36 bits per heavy atom. The molecule has 1 spiro atoms. The molecule has 1 amide bonds. The van der Waals surface area contributed by atoms with Crippen LogP contribution in [0.3, 0.4) is 0 Å². The summed E-state index contributed by atoms with van der Waals surface area (Å²) in [6, 6.07) is 3.33. The van der Waals surface area contributed by atoms with Gasteiger partial charge in [0.25, 0.3) is 5.91 Å². The van der Waals surface area contributed by atoms with Gasteiger partial charge in [-0.1, -0.05) is 5.92 Å². The monoisotopic (exact) mass is 379 g/mol. The van der Waals surface area contributed by atoms with Gasteiger partial charge in [0.05, 0.1) is 5.69 Å². The minimum Gasteiger partial charge on any atom is -0.443 e. The van der Waals surface area contributed by atoms with E-state index in [9.17, 15) is 9.90 Å². The van der Waals surface area contributed by atoms with E-state index in [1.165, 1.54) is 5.56 Å². The molecule has 1 fully saturated rings. The molecule has 0 radical (unpaired) electrons. The molecule has 0 aromatic carbocycles. The van der Waals surface area contributed by atoms with E-state index in [2.05, 4.69) is 16.8 Å². The fraction of sp³-hybridized carbons (Fsp3) is 0.500. The van der Waals surface area contributed by atoms with E-state index in [0.29, 0.717) is 18.8 Å². The molecule has 4 rings (SSSR count). The number of likely N-dealkylation sites (tertiary alicyclic amines) is 1. The zero-order valence-corrected chi connectivity index (χ0v) is 16.6. The van der Waals surface area contributed by atoms with Gasteiger partial charge in [-0.2, -0.15) is 0 Å². The van der Waals surface area contributed by atoms with Crippen molar-refractivity contribution in [2.75, 3.05) is 13.1 Å². The Hall–Kier alpha value is -2.65. The number of amides is 1. The Balaban J connectivity index is 1.55. The Morgan fingerprint density at radius 2 is 2.18 bits per heavy atom. The average Bonchev–Trinajstić information content (AvgIpc) is 3.25. The van der Waals surface area contributed by atoms with Gasteiger partial charge in [0.2, 0.25) is 0 Å². The minimum atomic E-state index is -1.11. The largest absolute Gasteiger partial charge is 0.443 e. The number of fused-ring (bicyclic) bond motifs is 2. The number of aryl methyl sites for hydroxylation is 2. The van der Waals surface area contributed by atoms with Crippen LogP contribution >= 0.6 is 0 Å². The van der Waals surface area contributed by atoms with Crippen molar-refractivity contribution in [2.24, 2.45) is 0 Å². The summed E-state index contributed by atoms with van der Waals surface area (Å²) in [4.78, 5) is 24.0. The van der Waals surface area contributed by atoms with E-state index >= 15 is 0 Å². The standard InChI is InChI=1S/C22H25N3O3/c1-15-23-13-16-7-11-22(19(16)24-15)9-4-12-25(14-22)20(26)18-6-5-17(28-18)8-10-21(2,3)27/h5-6,13,27H,4,7,9,11-12,14H2,1-3H3. The molecule has 0 saturated carbocycles. The molecule has 6 nitrogen and oxygen atoms in total. The highest BCUT2D eigenvalue weighted by molar-refractivity contribution is 5.91. The maximum Gasteiger partial charge on any atom is 0.289 e. The molecule has 146 valence electrons. The Morgan fingerprint density at radius 3 is 2.96 bits per heavy atom. The summed E-state index contributed by atoms with van der Waals surface area (Å²) < 4.78 is 5.63. The molecular weight excluding hydrogens is 354 g/mol. The molecule has 3 heterocycles. The number of nitrogens with zero attached hydrogens (tertiary/aromatic N) is 3. The van der Waals surface area contributed by atoms with Crippen LogP contribution in [0.5, 0.6) is 0 Å². The highest BCUT2D eigenvalue weighted by Crippen LogP contribution is 2.44. The fourth-order valence-electron chi connectivity index (χ4n) is 4.22. The molecule has 2 aliphatic rings. The summed E-state index contributed by atoms with van der Waals surface area (Å²) in [6.07, 6.45) is 5.90. The third-order valence-corrected chi connectivity index (χ3v) is 5.53. The van der Waals surface area contributed by atoms with E-state index in [1.807, 2.05) is 18.0 Å². The van der Waals surface area contributed by atoms with Crippen LogP contribution in [0.15, 0.2) is 22.7 Å². The second-order valence-corrected chi connectivity index (χ2v) is 8.37. The summed E-state index contributed by atoms with van der Waals surface area (Å²) in [5, 5.41) is 9.72. The van der Waals surface area contributed by atoms with E-state index in [1.54, 1.807) is 26.0 Å². The normalized spacial score (nSPS) is 21.4. The molecule has 1 atom stereocenters. The second kappa shape index (κ2) is 6.75. The predicted molar refractivity (Wildman–Crippen MR) is 104 cm³/mol. The van der Waals surface area contributed by atoms with Gasteiger partial charge in [-0.25, -0.2) is 9.97 Å². The Bertz CT molecular complexity index is 973. The predicted octanol–water partition coefficient (Wildman–Crippen LogP) is 2.62. The van der Waals surface area contributed by atoms with E-state index in [-0.39, 0.29) is 17.1 Å². The van der Waals surface area contributed by atoms with Gasteiger partial charge >= 0.3 is 0 Å². The molecule has 0 bridgehead atoms. The number of furan rings is 1. The van der Waals surface area contributed by atoms with Crippen molar-refractivity contribution in [2.45, 2.75) is 57.5 Å². The van der Waals surface area contributed by atoms with Crippen LogP contribution in [-0.2, 0) is 11.8 Å². The van der Waals surface area contributed by atoms with Gasteiger partial charge in [0, 0.05) is 24.7 Å². The van der Waals surface area contributed by atoms with Crippen LogP contribution in [-0.4, -0.2) is 44.6 Å². The Kier molecular flexibility index (Phi) is 4.51. The molecule has 2 aromatic heterocycles. The van der Waals surface area contributed by atoms with Crippen LogP contribution in [0.1, 0.15) is 66.5 Å². The minimum absolute atomic E-state index is 0.0763. The van der Waals surface area contributed by atoms with Crippen molar-refractivity contribution in [3.63, 3.8) is 0 Å². The number of hydrogen-bond donors (Lipinski definition) is 1. The second-order valence-electron chi connectivity index (χ2n) is 8.37. The molecule has 6 heteroatoms. The molecule has 1 aliphatic carbocycles. The van der Waals surface area contributed by atoms with Gasteiger partial charge in [0.15, 0.2) is 11.5 Å². The van der Waals surface area contributed by atoms with E-state index in [0.717, 1.165) is 37.2 Å². The van der Waals surface area contributed by atoms with Crippen molar-refractivity contribution in [3.05, 3.63) is 46.9 Å². The van der Waals surface area contributed by atoms with Crippen LogP contribution < -0.4 is 0 Å². The topological polar surface area (TPSA) is 79.5 Å². The maximum absolute atomic E-state index is 13.0. The number of hydrogen-bond acceptors (Lipinski definition) is 5. The van der Waals surface area contributed by atoms with Crippen molar-refractivity contribution in [1.82, 2.24) is 14.9 Å². The van der Waals surface area contributed by atoms with Crippen molar-refractivity contribution < 1.29 is 14.3 Å². The lowest BCUT2D eigenvalue weighted by Gasteiger charge is -2.40. The molecule has 28 heavy (non-hydrogen) atoms. The quantitative estimate of drug-likeness (QED) is 0.771. The first kappa shape index (κ1) is 18.7. The van der Waals surface area contributed by atoms with Gasteiger partial charge < -0.3 is 14.4 Å². The smallest absolute Gasteiger partial charge is 0.289 e. The molecule has 1 N–H and O–H groups in total. The van der Waals surface area contributed by atoms with Gasteiger partial charge in [0.1, 0.15) is 11.4 Å². The number of aromatic nitrogens is 2. The van der Waals surface area contributed by atoms with Crippen molar-refractivity contribution >= 4 is 5.91 Å². The SMILES string of the molecule is Cc1ncc2c(n1)C1(CCCN(C(=O)c3ccc(C#CC(C)(C)O)o3)C1)CC2. The highest BCUT2D eigenvalue weighted by atomic mass is 16.4. The van der Waals surface area contributed by atoms with E-state index in [4.69, 9.17) is 9.40 Å². The first-order chi connectivity index (χ1) is 13.3. The van der Waals surface area contributed by atoms with Crippen LogP contribution in [0, 0.1) is 18.8 Å². The number of piperidine rings is 1. The summed E-state index contributed by atoms with van der Waals surface area (Å²) in [7, 11) is 0. The fourth-order valence-corrected chi connectivity index (χ4v) is 4.22. The summed E-state index contributed by atoms with van der Waals surface area (Å²) in [5.74, 6) is 6.81. The number of aliphatic hydroxyl groups is 1. The summed E-state index contributed by atoms with van der Waals surface area (Å²) in [5.41, 5.74) is 1.15. The van der Waals surface area contributed by atoms with Crippen molar-refractivity contribution in [3.8, 4) is 11.8 Å². The lowest BCUT2D eigenvalue weighted by Crippen LogP contribution is -2.48. The van der Waals surface area contributed by atoms with Gasteiger partial charge in [-0.05, 0) is 70.1 Å². The first-order valence-corrected chi connectivity index (χ1v) is 9.73. The molecule has 2 aromatic rings. The number of carbonyl (C=O) groups excluding carboxylic acids is 1. The average molecular weight is 379 g/mol. The molecule has 1 aliphatic heterocycles. The third kappa shape index (κ3) is 3.55. The number of carbonyl (C=O) groups is 1. The van der Waals surface area contributed by atoms with Crippen LogP contribution in [0.25, 0.3) is 0 Å². The zero-order chi connectivity index (χ0) is 19.9. The third-order valence-electron chi connectivity index (χ3n) is 5.53. The summed E-state index contributed by atoms with van der Waals surface area (Å²) >= 11 is 0. The Labute approximate surface area is 165 Å². The van der Waals surface area contributed by atoms with Crippen molar-refractivity contribution in [1.29, 1.82) is 0 Å². The lowest BCUT2D eigenvalue weighted by molar-refractivity contribution is 0.0601.